The first-order valence-corrected chi connectivity index (χ1v) is 6.56. The highest BCUT2D eigenvalue weighted by Gasteiger charge is 2.15. The van der Waals surface area contributed by atoms with E-state index in [2.05, 4.69) is 5.32 Å². The van der Waals surface area contributed by atoms with Crippen molar-refractivity contribution >= 4 is 12.1 Å². The van der Waals surface area contributed by atoms with Crippen molar-refractivity contribution in [2.45, 2.75) is 48.0 Å². The van der Waals surface area contributed by atoms with Crippen molar-refractivity contribution in [3.63, 3.8) is 0 Å². The molecule has 0 heterocycles. The first-order valence-electron chi connectivity index (χ1n) is 6.56. The highest BCUT2D eigenvalue weighted by atomic mass is 16.5. The van der Waals surface area contributed by atoms with E-state index >= 15 is 0 Å². The summed E-state index contributed by atoms with van der Waals surface area (Å²) < 4.78 is 10.1. The Kier molecular flexibility index (Phi) is 6.87. The molecule has 0 spiro atoms. The molecule has 5 heteroatoms. The maximum absolute atomic E-state index is 11.4. The third-order valence-electron chi connectivity index (χ3n) is 1.90. The fourth-order valence-electron chi connectivity index (χ4n) is 0.969. The molecule has 0 atom stereocenters. The lowest BCUT2D eigenvalue weighted by Gasteiger charge is -2.18. The first-order chi connectivity index (χ1) is 8.49. The molecule has 0 aromatic heterocycles. The zero-order valence-electron chi connectivity index (χ0n) is 13.0. The number of nitrogens with one attached hydrogen (secondary N) is 1. The number of rotatable bonds is 5. The van der Waals surface area contributed by atoms with Gasteiger partial charge in [0, 0.05) is 6.54 Å². The fraction of sp³-hybridized carbons (Fsp3) is 0.857. The third kappa shape index (κ3) is 13.0. The fourth-order valence-corrected chi connectivity index (χ4v) is 0.969. The van der Waals surface area contributed by atoms with E-state index in [1.54, 1.807) is 0 Å². The van der Waals surface area contributed by atoms with E-state index in [4.69, 9.17) is 9.47 Å². The van der Waals surface area contributed by atoms with Crippen LogP contribution in [0.2, 0.25) is 0 Å². The van der Waals surface area contributed by atoms with Gasteiger partial charge in [-0.3, -0.25) is 4.79 Å². The highest BCUT2D eigenvalue weighted by molar-refractivity contribution is 5.71. The van der Waals surface area contributed by atoms with Crippen LogP contribution in [0.25, 0.3) is 0 Å². The van der Waals surface area contributed by atoms with Crippen LogP contribution in [0.4, 0.5) is 4.79 Å². The molecule has 0 saturated carbocycles. The molecular weight excluding hydrogens is 246 g/mol. The Bertz CT molecular complexity index is 270. The summed E-state index contributed by atoms with van der Waals surface area (Å²) in [6.45, 7) is 12.8. The molecule has 0 rings (SSSR count). The van der Waals surface area contributed by atoms with Gasteiger partial charge >= 0.3 is 12.1 Å². The maximum atomic E-state index is 11.4. The Balaban J connectivity index is 3.68. The number of ether oxygens (including phenoxy) is 2. The second kappa shape index (κ2) is 7.36. The molecule has 0 aliphatic carbocycles. The quantitative estimate of drug-likeness (QED) is 0.782. The Hall–Kier alpha value is -1.26. The largest absolute Gasteiger partial charge is 0.465 e. The Morgan fingerprint density at radius 3 is 1.84 bits per heavy atom. The van der Waals surface area contributed by atoms with Gasteiger partial charge < -0.3 is 14.8 Å². The number of alkyl carbamates (subject to hydrolysis) is 1. The van der Waals surface area contributed by atoms with Crippen LogP contribution >= 0.6 is 0 Å². The van der Waals surface area contributed by atoms with Gasteiger partial charge in [0.1, 0.15) is 0 Å². The average molecular weight is 273 g/mol. The number of esters is 1. The van der Waals surface area contributed by atoms with Crippen LogP contribution in [0.3, 0.4) is 0 Å². The predicted molar refractivity (Wildman–Crippen MR) is 73.8 cm³/mol. The van der Waals surface area contributed by atoms with E-state index in [9.17, 15) is 9.59 Å². The minimum Gasteiger partial charge on any atom is -0.465 e. The molecule has 1 N–H and O–H groups in total. The highest BCUT2D eigenvalue weighted by Crippen LogP contribution is 2.13. The molecule has 0 aromatic carbocycles. The molecule has 0 aliphatic rings. The molecule has 1 amide bonds. The van der Waals surface area contributed by atoms with Crippen LogP contribution in [0.1, 0.15) is 48.0 Å². The summed E-state index contributed by atoms with van der Waals surface area (Å²) in [5.41, 5.74) is -0.113. The van der Waals surface area contributed by atoms with Crippen molar-refractivity contribution in [1.82, 2.24) is 5.32 Å². The summed E-state index contributed by atoms with van der Waals surface area (Å²) >= 11 is 0. The van der Waals surface area contributed by atoms with E-state index in [-0.39, 0.29) is 29.8 Å². The van der Waals surface area contributed by atoms with Crippen molar-refractivity contribution in [2.24, 2.45) is 10.8 Å². The summed E-state index contributed by atoms with van der Waals surface area (Å²) in [6.07, 6.45) is -0.348. The van der Waals surface area contributed by atoms with Gasteiger partial charge in [0.05, 0.1) is 19.6 Å². The zero-order chi connectivity index (χ0) is 15.1. The first kappa shape index (κ1) is 17.7. The molecule has 0 aliphatic heterocycles. The number of carbonyl (C=O) groups is 2. The van der Waals surface area contributed by atoms with Crippen LogP contribution in [-0.4, -0.2) is 31.8 Å². The van der Waals surface area contributed by atoms with Crippen molar-refractivity contribution in [1.29, 1.82) is 0 Å². The lowest BCUT2D eigenvalue weighted by Crippen LogP contribution is -2.30. The molecule has 0 saturated heterocycles. The summed E-state index contributed by atoms with van der Waals surface area (Å²) in [4.78, 5) is 22.7. The normalized spacial score (nSPS) is 11.9. The summed E-state index contributed by atoms with van der Waals surface area (Å²) in [7, 11) is 0. The standard InChI is InChI=1S/C14H27NO4/c1-13(2,3)9-18-11(16)7-8-15-12(17)19-10-14(4,5)6/h7-10H2,1-6H3,(H,15,17). The Labute approximate surface area is 116 Å². The van der Waals surface area contributed by atoms with E-state index in [0.29, 0.717) is 13.2 Å². The van der Waals surface area contributed by atoms with E-state index in [0.717, 1.165) is 0 Å². The molecular formula is C14H27NO4. The SMILES string of the molecule is CC(C)(C)COC(=O)CCNC(=O)OCC(C)(C)C. The van der Waals surface area contributed by atoms with Crippen LogP contribution < -0.4 is 5.32 Å². The molecule has 0 aromatic rings. The topological polar surface area (TPSA) is 64.6 Å². The van der Waals surface area contributed by atoms with Gasteiger partial charge in [0.15, 0.2) is 0 Å². The number of hydrogen-bond acceptors (Lipinski definition) is 4. The molecule has 112 valence electrons. The average Bonchev–Trinajstić information content (AvgIpc) is 2.22. The van der Waals surface area contributed by atoms with Crippen molar-refractivity contribution in [3.05, 3.63) is 0 Å². The lowest BCUT2D eigenvalue weighted by molar-refractivity contribution is -0.146. The van der Waals surface area contributed by atoms with Gasteiger partial charge in [-0.1, -0.05) is 41.5 Å². The molecule has 0 unspecified atom stereocenters. The van der Waals surface area contributed by atoms with Crippen LogP contribution in [0.15, 0.2) is 0 Å². The smallest absolute Gasteiger partial charge is 0.407 e. The molecule has 0 radical (unpaired) electrons. The van der Waals surface area contributed by atoms with Gasteiger partial charge in [0.2, 0.25) is 0 Å². The summed E-state index contributed by atoms with van der Waals surface area (Å²) in [5.74, 6) is -0.314. The van der Waals surface area contributed by atoms with Gasteiger partial charge in [-0.15, -0.1) is 0 Å². The number of carbonyl (C=O) groups excluding carboxylic acids is 2. The van der Waals surface area contributed by atoms with Crippen molar-refractivity contribution in [2.75, 3.05) is 19.8 Å². The minimum atomic E-state index is -0.501. The number of amides is 1. The van der Waals surface area contributed by atoms with E-state index in [1.165, 1.54) is 0 Å². The van der Waals surface area contributed by atoms with Gasteiger partial charge in [-0.05, 0) is 10.8 Å². The lowest BCUT2D eigenvalue weighted by atomic mass is 9.99. The van der Waals surface area contributed by atoms with Crippen LogP contribution in [0, 0.1) is 10.8 Å². The molecule has 19 heavy (non-hydrogen) atoms. The summed E-state index contributed by atoms with van der Waals surface area (Å²) in [5, 5.41) is 2.52. The van der Waals surface area contributed by atoms with Crippen molar-refractivity contribution in [3.8, 4) is 0 Å². The second-order valence-corrected chi connectivity index (χ2v) is 7.03. The van der Waals surface area contributed by atoms with Crippen molar-refractivity contribution < 1.29 is 19.1 Å². The Morgan fingerprint density at radius 1 is 0.895 bits per heavy atom. The van der Waals surface area contributed by atoms with Gasteiger partial charge in [-0.2, -0.15) is 0 Å². The maximum Gasteiger partial charge on any atom is 0.407 e. The molecule has 0 bridgehead atoms. The zero-order valence-corrected chi connectivity index (χ0v) is 13.0. The Morgan fingerprint density at radius 2 is 1.37 bits per heavy atom. The van der Waals surface area contributed by atoms with Gasteiger partial charge in [-0.25, -0.2) is 4.79 Å². The second-order valence-electron chi connectivity index (χ2n) is 7.03. The van der Waals surface area contributed by atoms with E-state index < -0.39 is 6.09 Å². The van der Waals surface area contributed by atoms with Gasteiger partial charge in [0.25, 0.3) is 0 Å². The van der Waals surface area contributed by atoms with Crippen LogP contribution in [-0.2, 0) is 14.3 Å². The van der Waals surface area contributed by atoms with Crippen LogP contribution in [0.5, 0.6) is 0 Å². The number of hydrogen-bond donors (Lipinski definition) is 1. The third-order valence-corrected chi connectivity index (χ3v) is 1.90. The van der Waals surface area contributed by atoms with E-state index in [1.807, 2.05) is 41.5 Å². The minimum absolute atomic E-state index is 0.0469. The predicted octanol–water partition coefficient (Wildman–Crippen LogP) is 2.74. The molecule has 0 fully saturated rings. The molecule has 5 nitrogen and oxygen atoms in total. The monoisotopic (exact) mass is 273 g/mol. The summed E-state index contributed by atoms with van der Waals surface area (Å²) in [6, 6.07) is 0.